The number of nitrogens with two attached hydrogens (primary N) is 1. The van der Waals surface area contributed by atoms with Crippen molar-refractivity contribution in [2.24, 2.45) is 6.98 Å². The molecule has 23 heavy (non-hydrogen) atoms. The fraction of sp³-hybridized carbons (Fsp3) is 0.333. The summed E-state index contributed by atoms with van der Waals surface area (Å²) in [5, 5.41) is 0. The fourth-order valence-electron chi connectivity index (χ4n) is 2.16. The van der Waals surface area contributed by atoms with Gasteiger partial charge in [-0.3, -0.25) is 14.3 Å². The highest BCUT2D eigenvalue weighted by atomic mass is 19.4. The summed E-state index contributed by atoms with van der Waals surface area (Å²) in [6.45, 7) is -2.80. The Kier molecular flexibility index (Phi) is 3.56. The average Bonchev–Trinajstić information content (AvgIpc) is 2.79. The maximum atomic E-state index is 12.4. The minimum Gasteiger partial charge on any atom is -0.393 e. The molecule has 0 saturated heterocycles. The lowest BCUT2D eigenvalue weighted by Gasteiger charge is -2.10. The van der Waals surface area contributed by atoms with Crippen molar-refractivity contribution in [2.45, 2.75) is 25.4 Å². The maximum Gasteiger partial charge on any atom is 0.449 e. The van der Waals surface area contributed by atoms with E-state index in [4.69, 9.17) is 9.85 Å². The van der Waals surface area contributed by atoms with Crippen LogP contribution in [-0.4, -0.2) is 21.3 Å². The van der Waals surface area contributed by atoms with Gasteiger partial charge in [0.1, 0.15) is 5.69 Å². The second-order valence-electron chi connectivity index (χ2n) is 4.90. The summed E-state index contributed by atoms with van der Waals surface area (Å²) >= 11 is 0. The standard InChI is InChI=1S/C15H16F3N3O2/c1-20-11(8-5-9-12(22)15(16,17)18)13(19)14(23)21(20)10-6-3-2-4-7-10/h2-4,6-7H,5,8-9,19H2,1H3/i1D3. The van der Waals surface area contributed by atoms with Gasteiger partial charge in [0.15, 0.2) is 0 Å². The molecule has 0 aliphatic rings. The van der Waals surface area contributed by atoms with Gasteiger partial charge in [-0.25, -0.2) is 4.68 Å². The van der Waals surface area contributed by atoms with E-state index in [2.05, 4.69) is 0 Å². The van der Waals surface area contributed by atoms with Crippen molar-refractivity contribution in [1.82, 2.24) is 9.36 Å². The molecule has 0 atom stereocenters. The number of carbonyl (C=O) groups is 1. The first-order valence-electron chi connectivity index (χ1n) is 8.23. The minimum atomic E-state index is -4.95. The van der Waals surface area contributed by atoms with Crippen LogP contribution < -0.4 is 11.3 Å². The van der Waals surface area contributed by atoms with Crippen molar-refractivity contribution in [3.63, 3.8) is 0 Å². The molecular weight excluding hydrogens is 311 g/mol. The molecule has 5 nitrogen and oxygen atoms in total. The molecule has 1 aromatic heterocycles. The Labute approximate surface area is 134 Å². The van der Waals surface area contributed by atoms with E-state index in [1.165, 1.54) is 12.1 Å². The molecule has 0 spiro atoms. The Morgan fingerprint density at radius 1 is 1.30 bits per heavy atom. The number of aromatic nitrogens is 2. The molecule has 0 aliphatic carbocycles. The van der Waals surface area contributed by atoms with E-state index in [0.29, 0.717) is 4.68 Å². The number of anilines is 1. The second-order valence-corrected chi connectivity index (χ2v) is 4.90. The predicted octanol–water partition coefficient (Wildman–Crippen LogP) is 2.21. The Balaban J connectivity index is 2.44. The van der Waals surface area contributed by atoms with Crippen LogP contribution in [0.15, 0.2) is 35.1 Å². The van der Waals surface area contributed by atoms with E-state index < -0.39 is 30.9 Å². The van der Waals surface area contributed by atoms with Crippen LogP contribution in [0.25, 0.3) is 5.69 Å². The number of nitrogens with zero attached hydrogens (tertiary/aromatic N) is 2. The zero-order valence-corrected chi connectivity index (χ0v) is 11.9. The van der Waals surface area contributed by atoms with E-state index in [-0.39, 0.29) is 29.9 Å². The minimum absolute atomic E-state index is 0.131. The Bertz CT molecular complexity index is 855. The van der Waals surface area contributed by atoms with Crippen molar-refractivity contribution in [3.05, 3.63) is 46.4 Å². The number of rotatable bonds is 5. The molecule has 8 heteroatoms. The van der Waals surface area contributed by atoms with Crippen LogP contribution in [-0.2, 0) is 18.2 Å². The molecule has 0 unspecified atom stereocenters. The molecule has 124 valence electrons. The zero-order valence-electron chi connectivity index (χ0n) is 14.9. The first-order chi connectivity index (χ1) is 11.9. The monoisotopic (exact) mass is 330 g/mol. The summed E-state index contributed by atoms with van der Waals surface area (Å²) in [5.41, 5.74) is 4.69. The number of halogens is 3. The van der Waals surface area contributed by atoms with Crippen molar-refractivity contribution in [1.29, 1.82) is 0 Å². The smallest absolute Gasteiger partial charge is 0.393 e. The van der Waals surface area contributed by atoms with Gasteiger partial charge in [0.25, 0.3) is 5.56 Å². The number of alkyl halides is 3. The summed E-state index contributed by atoms with van der Waals surface area (Å²) in [4.78, 5) is 23.4. The summed E-state index contributed by atoms with van der Waals surface area (Å²) in [7, 11) is 0. The number of nitrogen functional groups attached to an aromatic ring is 1. The van der Waals surface area contributed by atoms with E-state index in [0.717, 1.165) is 4.68 Å². The number of carbonyl (C=O) groups excluding carboxylic acids is 1. The maximum absolute atomic E-state index is 12.4. The van der Waals surface area contributed by atoms with Gasteiger partial charge in [-0.15, -0.1) is 0 Å². The average molecular weight is 330 g/mol. The topological polar surface area (TPSA) is 70.0 Å². The number of Topliss-reactive ketones (excluding diaryl/α,β-unsaturated/α-hetero) is 1. The molecule has 0 saturated carbocycles. The Hall–Kier alpha value is -2.51. The predicted molar refractivity (Wildman–Crippen MR) is 79.4 cm³/mol. The Morgan fingerprint density at radius 3 is 2.52 bits per heavy atom. The first-order valence-corrected chi connectivity index (χ1v) is 6.73. The lowest BCUT2D eigenvalue weighted by Crippen LogP contribution is -2.22. The Morgan fingerprint density at radius 2 is 1.96 bits per heavy atom. The van der Waals surface area contributed by atoms with Crippen LogP contribution in [0.5, 0.6) is 0 Å². The molecule has 0 radical (unpaired) electrons. The number of hydrogen-bond donors (Lipinski definition) is 1. The lowest BCUT2D eigenvalue weighted by molar-refractivity contribution is -0.171. The van der Waals surface area contributed by atoms with E-state index in [1.54, 1.807) is 18.2 Å². The van der Waals surface area contributed by atoms with Crippen molar-refractivity contribution in [2.75, 3.05) is 5.73 Å². The highest BCUT2D eigenvalue weighted by Gasteiger charge is 2.37. The van der Waals surface area contributed by atoms with E-state index >= 15 is 0 Å². The molecule has 2 N–H and O–H groups in total. The first kappa shape index (κ1) is 13.0. The fourth-order valence-corrected chi connectivity index (χ4v) is 2.16. The van der Waals surface area contributed by atoms with E-state index in [9.17, 15) is 22.8 Å². The highest BCUT2D eigenvalue weighted by Crippen LogP contribution is 2.20. The third-order valence-electron chi connectivity index (χ3n) is 3.32. The van der Waals surface area contributed by atoms with Gasteiger partial charge >= 0.3 is 6.18 Å². The molecule has 2 rings (SSSR count). The van der Waals surface area contributed by atoms with Crippen molar-refractivity contribution < 1.29 is 22.1 Å². The molecule has 0 amide bonds. The normalized spacial score (nSPS) is 14.1. The van der Waals surface area contributed by atoms with Crippen molar-refractivity contribution >= 4 is 11.5 Å². The molecular formula is C15H16F3N3O2. The SMILES string of the molecule is [2H]C([2H])([2H])n1c(CCCC(=O)C(F)(F)F)c(N)c(=O)n1-c1ccccc1. The molecule has 0 aliphatic heterocycles. The van der Waals surface area contributed by atoms with Gasteiger partial charge in [0.05, 0.1) is 11.4 Å². The third-order valence-corrected chi connectivity index (χ3v) is 3.32. The summed E-state index contributed by atoms with van der Waals surface area (Å²) < 4.78 is 61.4. The van der Waals surface area contributed by atoms with E-state index in [1.807, 2.05) is 0 Å². The molecule has 0 bridgehead atoms. The highest BCUT2D eigenvalue weighted by molar-refractivity contribution is 5.83. The lowest BCUT2D eigenvalue weighted by atomic mass is 10.1. The summed E-state index contributed by atoms with van der Waals surface area (Å²) in [6.07, 6.45) is -6.34. The van der Waals surface area contributed by atoms with Gasteiger partial charge in [-0.1, -0.05) is 18.2 Å². The number of benzene rings is 1. The molecule has 1 heterocycles. The van der Waals surface area contributed by atoms with Gasteiger partial charge < -0.3 is 5.73 Å². The van der Waals surface area contributed by atoms with Crippen molar-refractivity contribution in [3.8, 4) is 5.69 Å². The molecule has 1 aromatic carbocycles. The van der Waals surface area contributed by atoms with Crippen LogP contribution in [0.4, 0.5) is 18.9 Å². The quantitative estimate of drug-likeness (QED) is 0.914. The number of hydrogen-bond acceptors (Lipinski definition) is 3. The molecule has 0 fully saturated rings. The summed E-state index contributed by atoms with van der Waals surface area (Å²) in [6, 6.07) is 7.86. The van der Waals surface area contributed by atoms with Gasteiger partial charge in [-0.2, -0.15) is 13.2 Å². The van der Waals surface area contributed by atoms with Gasteiger partial charge in [0.2, 0.25) is 5.78 Å². The van der Waals surface area contributed by atoms with Gasteiger partial charge in [-0.05, 0) is 25.0 Å². The van der Waals surface area contributed by atoms with Crippen LogP contribution >= 0.6 is 0 Å². The van der Waals surface area contributed by atoms with Crippen LogP contribution in [0.2, 0.25) is 0 Å². The van der Waals surface area contributed by atoms with Gasteiger partial charge in [0, 0.05) is 17.5 Å². The van der Waals surface area contributed by atoms with Crippen LogP contribution in [0, 0.1) is 0 Å². The summed E-state index contributed by atoms with van der Waals surface area (Å²) in [5.74, 6) is -1.92. The number of para-hydroxylation sites is 1. The number of ketones is 1. The molecule has 2 aromatic rings. The second kappa shape index (κ2) is 6.31. The van der Waals surface area contributed by atoms with Crippen LogP contribution in [0.1, 0.15) is 22.6 Å². The third kappa shape index (κ3) is 3.46. The van der Waals surface area contributed by atoms with Crippen LogP contribution in [0.3, 0.4) is 0 Å². The zero-order chi connectivity index (χ0) is 19.7. The largest absolute Gasteiger partial charge is 0.449 e.